The van der Waals surface area contributed by atoms with Gasteiger partial charge in [-0.2, -0.15) is 4.98 Å². The molecule has 0 amide bonds. The van der Waals surface area contributed by atoms with E-state index in [1.807, 2.05) is 6.07 Å². The number of methoxy groups -OCH3 is 1. The third-order valence-electron chi connectivity index (χ3n) is 3.20. The van der Waals surface area contributed by atoms with E-state index in [0.29, 0.717) is 22.5 Å². The van der Waals surface area contributed by atoms with Crippen molar-refractivity contribution in [1.82, 2.24) is 15.5 Å². The fourth-order valence-corrected chi connectivity index (χ4v) is 2.39. The first-order valence-corrected chi connectivity index (χ1v) is 6.56. The predicted octanol–water partition coefficient (Wildman–Crippen LogP) is 2.82. The van der Waals surface area contributed by atoms with Crippen LogP contribution in [0.2, 0.25) is 5.02 Å². The molecule has 2 heterocycles. The quantitative estimate of drug-likeness (QED) is 0.936. The number of hydrogen-bond donors (Lipinski definition) is 1. The van der Waals surface area contributed by atoms with Gasteiger partial charge in [-0.1, -0.05) is 16.8 Å². The van der Waals surface area contributed by atoms with E-state index in [2.05, 4.69) is 15.5 Å². The standard InChI is InChI=1S/C13H14ClN3O2/c1-18-11-7-8(14)4-5-9(11)12-16-13(19-17-12)10-3-2-6-15-10/h4-5,7,10,15H,2-3,6H2,1H3/t10-/m1/s1. The van der Waals surface area contributed by atoms with Crippen molar-refractivity contribution in [3.05, 3.63) is 29.1 Å². The van der Waals surface area contributed by atoms with Crippen molar-refractivity contribution in [2.75, 3.05) is 13.7 Å². The number of nitrogens with one attached hydrogen (secondary N) is 1. The van der Waals surface area contributed by atoms with E-state index in [0.717, 1.165) is 24.9 Å². The van der Waals surface area contributed by atoms with Crippen molar-refractivity contribution in [2.45, 2.75) is 18.9 Å². The van der Waals surface area contributed by atoms with Crippen LogP contribution in [0.4, 0.5) is 0 Å². The number of hydrogen-bond acceptors (Lipinski definition) is 5. The minimum atomic E-state index is 0.166. The van der Waals surface area contributed by atoms with Crippen LogP contribution in [-0.4, -0.2) is 23.8 Å². The summed E-state index contributed by atoms with van der Waals surface area (Å²) in [5, 5.41) is 7.96. The molecule has 1 saturated heterocycles. The maximum Gasteiger partial charge on any atom is 0.244 e. The third-order valence-corrected chi connectivity index (χ3v) is 3.44. The number of nitrogens with zero attached hydrogens (tertiary/aromatic N) is 2. The van der Waals surface area contributed by atoms with Crippen LogP contribution in [0.5, 0.6) is 5.75 Å². The zero-order valence-electron chi connectivity index (χ0n) is 10.5. The molecule has 0 bridgehead atoms. The average molecular weight is 280 g/mol. The molecule has 1 fully saturated rings. The van der Waals surface area contributed by atoms with E-state index in [4.69, 9.17) is 20.9 Å². The van der Waals surface area contributed by atoms with Gasteiger partial charge in [-0.15, -0.1) is 0 Å². The summed E-state index contributed by atoms with van der Waals surface area (Å²) in [5.74, 6) is 1.79. The van der Waals surface area contributed by atoms with Crippen molar-refractivity contribution in [3.63, 3.8) is 0 Å². The van der Waals surface area contributed by atoms with E-state index in [-0.39, 0.29) is 6.04 Å². The van der Waals surface area contributed by atoms with Crippen LogP contribution in [0.25, 0.3) is 11.4 Å². The highest BCUT2D eigenvalue weighted by Crippen LogP contribution is 2.31. The first-order valence-electron chi connectivity index (χ1n) is 6.19. The van der Waals surface area contributed by atoms with Gasteiger partial charge in [0.15, 0.2) is 0 Å². The molecular formula is C13H14ClN3O2. The second kappa shape index (κ2) is 5.19. The Kier molecular flexibility index (Phi) is 3.40. The monoisotopic (exact) mass is 279 g/mol. The summed E-state index contributed by atoms with van der Waals surface area (Å²) in [6, 6.07) is 5.52. The molecule has 1 atom stereocenters. The molecule has 1 aliphatic heterocycles. The van der Waals surface area contributed by atoms with Crippen LogP contribution in [-0.2, 0) is 0 Å². The molecule has 0 unspecified atom stereocenters. The van der Waals surface area contributed by atoms with Crippen LogP contribution in [0.1, 0.15) is 24.8 Å². The Morgan fingerprint density at radius 1 is 1.47 bits per heavy atom. The van der Waals surface area contributed by atoms with Gasteiger partial charge in [0.05, 0.1) is 18.7 Å². The summed E-state index contributed by atoms with van der Waals surface area (Å²) in [6.07, 6.45) is 2.16. The lowest BCUT2D eigenvalue weighted by molar-refractivity contribution is 0.344. The number of benzene rings is 1. The molecule has 0 spiro atoms. The van der Waals surface area contributed by atoms with Crippen molar-refractivity contribution >= 4 is 11.6 Å². The summed E-state index contributed by atoms with van der Waals surface area (Å²) < 4.78 is 10.6. The Balaban J connectivity index is 1.93. The number of rotatable bonds is 3. The molecule has 1 N–H and O–H groups in total. The van der Waals surface area contributed by atoms with Crippen molar-refractivity contribution < 1.29 is 9.26 Å². The maximum absolute atomic E-state index is 5.94. The molecule has 1 aromatic carbocycles. The fraction of sp³-hybridized carbons (Fsp3) is 0.385. The largest absolute Gasteiger partial charge is 0.496 e. The Bertz CT molecular complexity index is 579. The van der Waals surface area contributed by atoms with Gasteiger partial charge in [-0.05, 0) is 37.6 Å². The van der Waals surface area contributed by atoms with Crippen LogP contribution in [0, 0.1) is 0 Å². The van der Waals surface area contributed by atoms with E-state index in [1.165, 1.54) is 0 Å². The van der Waals surface area contributed by atoms with Gasteiger partial charge in [0.25, 0.3) is 0 Å². The molecule has 5 nitrogen and oxygen atoms in total. The molecule has 2 aromatic rings. The molecule has 6 heteroatoms. The molecule has 19 heavy (non-hydrogen) atoms. The first-order chi connectivity index (χ1) is 9.28. The highest BCUT2D eigenvalue weighted by Gasteiger charge is 2.23. The van der Waals surface area contributed by atoms with Crippen molar-refractivity contribution in [3.8, 4) is 17.1 Å². The van der Waals surface area contributed by atoms with Gasteiger partial charge in [-0.25, -0.2) is 0 Å². The van der Waals surface area contributed by atoms with Gasteiger partial charge < -0.3 is 14.6 Å². The summed E-state index contributed by atoms with van der Waals surface area (Å²) in [4.78, 5) is 4.44. The highest BCUT2D eigenvalue weighted by atomic mass is 35.5. The molecule has 1 aliphatic rings. The molecule has 0 saturated carbocycles. The zero-order valence-corrected chi connectivity index (χ0v) is 11.3. The van der Waals surface area contributed by atoms with Gasteiger partial charge in [0, 0.05) is 5.02 Å². The molecule has 100 valence electrons. The minimum Gasteiger partial charge on any atom is -0.496 e. The second-order valence-corrected chi connectivity index (χ2v) is 4.89. The molecule has 0 aliphatic carbocycles. The Morgan fingerprint density at radius 3 is 3.11 bits per heavy atom. The van der Waals surface area contributed by atoms with Crippen LogP contribution < -0.4 is 10.1 Å². The predicted molar refractivity (Wildman–Crippen MR) is 71.3 cm³/mol. The number of aromatic nitrogens is 2. The zero-order chi connectivity index (χ0) is 13.2. The molecular weight excluding hydrogens is 266 g/mol. The normalized spacial score (nSPS) is 18.7. The lowest BCUT2D eigenvalue weighted by Gasteiger charge is -2.05. The highest BCUT2D eigenvalue weighted by molar-refractivity contribution is 6.30. The van der Waals surface area contributed by atoms with E-state index < -0.39 is 0 Å². The Labute approximate surface area is 115 Å². The maximum atomic E-state index is 5.94. The van der Waals surface area contributed by atoms with Gasteiger partial charge in [0.2, 0.25) is 11.7 Å². The van der Waals surface area contributed by atoms with E-state index in [9.17, 15) is 0 Å². The average Bonchev–Trinajstić information content (AvgIpc) is 3.09. The lowest BCUT2D eigenvalue weighted by Crippen LogP contribution is -2.12. The molecule has 3 rings (SSSR count). The smallest absolute Gasteiger partial charge is 0.244 e. The van der Waals surface area contributed by atoms with Crippen LogP contribution in [0.3, 0.4) is 0 Å². The van der Waals surface area contributed by atoms with Gasteiger partial charge in [-0.3, -0.25) is 0 Å². The molecule has 0 radical (unpaired) electrons. The lowest BCUT2D eigenvalue weighted by atomic mass is 10.2. The second-order valence-electron chi connectivity index (χ2n) is 4.45. The van der Waals surface area contributed by atoms with Gasteiger partial charge >= 0.3 is 0 Å². The summed E-state index contributed by atoms with van der Waals surface area (Å²) in [7, 11) is 1.59. The number of halogens is 1. The first kappa shape index (κ1) is 12.4. The van der Waals surface area contributed by atoms with Crippen molar-refractivity contribution in [1.29, 1.82) is 0 Å². The Morgan fingerprint density at radius 2 is 2.37 bits per heavy atom. The summed E-state index contributed by atoms with van der Waals surface area (Å²) in [6.45, 7) is 0.993. The van der Waals surface area contributed by atoms with Crippen molar-refractivity contribution in [2.24, 2.45) is 0 Å². The van der Waals surface area contributed by atoms with Crippen LogP contribution >= 0.6 is 11.6 Å². The topological polar surface area (TPSA) is 60.2 Å². The van der Waals surface area contributed by atoms with Crippen LogP contribution in [0.15, 0.2) is 22.7 Å². The summed E-state index contributed by atoms with van der Waals surface area (Å²) in [5.41, 5.74) is 0.778. The van der Waals surface area contributed by atoms with E-state index in [1.54, 1.807) is 19.2 Å². The third kappa shape index (κ3) is 2.43. The van der Waals surface area contributed by atoms with E-state index >= 15 is 0 Å². The fourth-order valence-electron chi connectivity index (χ4n) is 2.23. The Hall–Kier alpha value is -1.59. The van der Waals surface area contributed by atoms with Gasteiger partial charge in [0.1, 0.15) is 5.75 Å². The number of ether oxygens (including phenoxy) is 1. The SMILES string of the molecule is COc1cc(Cl)ccc1-c1noc([C@H]2CCCN2)n1. The summed E-state index contributed by atoms with van der Waals surface area (Å²) >= 11 is 5.94. The molecule has 1 aromatic heterocycles. The minimum absolute atomic E-state index is 0.166.